The Morgan fingerprint density at radius 1 is 1.17 bits per heavy atom. The van der Waals surface area contributed by atoms with E-state index in [2.05, 4.69) is 40.2 Å². The summed E-state index contributed by atoms with van der Waals surface area (Å²) in [7, 11) is 0. The van der Waals surface area contributed by atoms with Crippen LogP contribution in [0.2, 0.25) is 0 Å². The second-order valence-electron chi connectivity index (χ2n) is 7.04. The first-order chi connectivity index (χ1) is 11.8. The monoisotopic (exact) mass is 324 g/mol. The Bertz CT molecular complexity index is 649. The molecular weight excluding hydrogens is 300 g/mol. The molecule has 2 aliphatic rings. The van der Waals surface area contributed by atoms with E-state index in [1.165, 1.54) is 5.56 Å². The van der Waals surface area contributed by atoms with Crippen molar-refractivity contribution in [2.45, 2.75) is 13.2 Å². The van der Waals surface area contributed by atoms with Crippen LogP contribution in [0, 0.1) is 11.3 Å². The summed E-state index contributed by atoms with van der Waals surface area (Å²) in [5.74, 6) is 0.574. The molecule has 24 heavy (non-hydrogen) atoms. The summed E-state index contributed by atoms with van der Waals surface area (Å²) in [6.07, 6.45) is 1.82. The Labute approximate surface area is 143 Å². The maximum absolute atomic E-state index is 6.04. The summed E-state index contributed by atoms with van der Waals surface area (Å²) >= 11 is 0. The third-order valence-electron chi connectivity index (χ3n) is 5.21. The molecule has 126 valence electrons. The molecule has 2 saturated heterocycles. The Morgan fingerprint density at radius 2 is 2.04 bits per heavy atom. The highest BCUT2D eigenvalue weighted by molar-refractivity contribution is 5.15. The molecule has 0 aliphatic carbocycles. The second kappa shape index (κ2) is 7.01. The first-order valence-corrected chi connectivity index (χ1v) is 8.66. The largest absolute Gasteiger partial charge is 0.380 e. The number of hydrogen-bond acceptors (Lipinski definition) is 4. The van der Waals surface area contributed by atoms with E-state index >= 15 is 0 Å². The lowest BCUT2D eigenvalue weighted by Crippen LogP contribution is -2.35. The summed E-state index contributed by atoms with van der Waals surface area (Å²) < 4.78 is 11.8. The highest BCUT2D eigenvalue weighted by atomic mass is 16.5. The highest BCUT2D eigenvalue weighted by Gasteiger charge is 2.50. The molecule has 4 nitrogen and oxygen atoms in total. The van der Waals surface area contributed by atoms with Crippen molar-refractivity contribution in [3.63, 3.8) is 0 Å². The highest BCUT2D eigenvalue weighted by Crippen LogP contribution is 2.42. The van der Waals surface area contributed by atoms with Gasteiger partial charge in [0.2, 0.25) is 0 Å². The molecule has 1 aromatic carbocycles. The van der Waals surface area contributed by atoms with Gasteiger partial charge < -0.3 is 9.47 Å². The topological polar surface area (TPSA) is 34.6 Å². The molecule has 0 amide bonds. The van der Waals surface area contributed by atoms with Gasteiger partial charge in [-0.05, 0) is 17.7 Å². The zero-order chi connectivity index (χ0) is 16.2. The van der Waals surface area contributed by atoms with Crippen molar-refractivity contribution in [2.24, 2.45) is 11.3 Å². The summed E-state index contributed by atoms with van der Waals surface area (Å²) in [6.45, 7) is 6.16. The molecule has 4 rings (SSSR count). The molecule has 2 aromatic rings. The van der Waals surface area contributed by atoms with Gasteiger partial charge >= 0.3 is 0 Å². The predicted octanol–water partition coefficient (Wildman–Crippen LogP) is 2.75. The number of pyridine rings is 1. The van der Waals surface area contributed by atoms with Crippen molar-refractivity contribution in [3.05, 3.63) is 66.0 Å². The number of rotatable bonds is 6. The fraction of sp³-hybridized carbons (Fsp3) is 0.450. The molecular formula is C20H24N2O2. The van der Waals surface area contributed by atoms with Crippen molar-refractivity contribution in [1.29, 1.82) is 0 Å². The van der Waals surface area contributed by atoms with E-state index < -0.39 is 0 Å². The summed E-state index contributed by atoms with van der Waals surface area (Å²) in [6, 6.07) is 16.6. The van der Waals surface area contributed by atoms with Crippen LogP contribution in [-0.2, 0) is 22.6 Å². The van der Waals surface area contributed by atoms with Crippen LogP contribution >= 0.6 is 0 Å². The third-order valence-corrected chi connectivity index (χ3v) is 5.21. The van der Waals surface area contributed by atoms with E-state index in [0.717, 1.165) is 45.1 Å². The van der Waals surface area contributed by atoms with Crippen LogP contribution in [0.25, 0.3) is 0 Å². The molecule has 4 heteroatoms. The Kier molecular flexibility index (Phi) is 4.60. The minimum atomic E-state index is 0.142. The number of aromatic nitrogens is 1. The molecule has 0 unspecified atom stereocenters. The predicted molar refractivity (Wildman–Crippen MR) is 92.4 cm³/mol. The molecule has 3 heterocycles. The van der Waals surface area contributed by atoms with Gasteiger partial charge in [-0.2, -0.15) is 0 Å². The van der Waals surface area contributed by atoms with Crippen LogP contribution in [0.5, 0.6) is 0 Å². The van der Waals surface area contributed by atoms with Crippen LogP contribution in [0.4, 0.5) is 0 Å². The van der Waals surface area contributed by atoms with Crippen molar-refractivity contribution in [1.82, 2.24) is 9.88 Å². The molecule has 2 aliphatic heterocycles. The maximum atomic E-state index is 6.04. The molecule has 1 aromatic heterocycles. The van der Waals surface area contributed by atoms with E-state index in [1.807, 2.05) is 24.4 Å². The molecule has 2 fully saturated rings. The van der Waals surface area contributed by atoms with Crippen LogP contribution in [-0.4, -0.2) is 42.8 Å². The van der Waals surface area contributed by atoms with Gasteiger partial charge in [0.1, 0.15) is 0 Å². The van der Waals surface area contributed by atoms with Crippen molar-refractivity contribution in [2.75, 3.05) is 32.9 Å². The lowest BCUT2D eigenvalue weighted by atomic mass is 9.82. The van der Waals surface area contributed by atoms with Gasteiger partial charge in [0, 0.05) is 37.2 Å². The first kappa shape index (κ1) is 15.8. The molecule has 0 saturated carbocycles. The van der Waals surface area contributed by atoms with Gasteiger partial charge in [-0.1, -0.05) is 36.4 Å². The van der Waals surface area contributed by atoms with Crippen LogP contribution in [0.1, 0.15) is 11.3 Å². The van der Waals surface area contributed by atoms with Gasteiger partial charge in [0.15, 0.2) is 0 Å². The van der Waals surface area contributed by atoms with Crippen molar-refractivity contribution in [3.8, 4) is 0 Å². The van der Waals surface area contributed by atoms with Gasteiger partial charge in [-0.3, -0.25) is 9.88 Å². The van der Waals surface area contributed by atoms with Crippen LogP contribution in [0.15, 0.2) is 54.7 Å². The average Bonchev–Trinajstić information content (AvgIpc) is 3.13. The van der Waals surface area contributed by atoms with Crippen molar-refractivity contribution >= 4 is 0 Å². The van der Waals surface area contributed by atoms with Gasteiger partial charge in [-0.25, -0.2) is 0 Å². The average molecular weight is 324 g/mol. The lowest BCUT2D eigenvalue weighted by molar-refractivity contribution is 0.0171. The summed E-state index contributed by atoms with van der Waals surface area (Å²) in [5, 5.41) is 0. The van der Waals surface area contributed by atoms with E-state index in [-0.39, 0.29) is 5.41 Å². The second-order valence-corrected chi connectivity index (χ2v) is 7.04. The number of nitrogens with zero attached hydrogens (tertiary/aromatic N) is 2. The number of likely N-dealkylation sites (tertiary alicyclic amines) is 1. The van der Waals surface area contributed by atoms with Crippen molar-refractivity contribution < 1.29 is 9.47 Å². The first-order valence-electron chi connectivity index (χ1n) is 8.66. The number of fused-ring (bicyclic) bond motifs is 1. The van der Waals surface area contributed by atoms with Gasteiger partial charge in [0.05, 0.1) is 32.1 Å². The van der Waals surface area contributed by atoms with E-state index in [9.17, 15) is 0 Å². The van der Waals surface area contributed by atoms with Crippen LogP contribution in [0.3, 0.4) is 0 Å². The Hall–Kier alpha value is -1.75. The number of benzene rings is 1. The van der Waals surface area contributed by atoms with Gasteiger partial charge in [0.25, 0.3) is 0 Å². The fourth-order valence-electron chi connectivity index (χ4n) is 3.95. The Balaban J connectivity index is 1.36. The smallest absolute Gasteiger partial charge is 0.0888 e. The lowest BCUT2D eigenvalue weighted by Gasteiger charge is -2.27. The molecule has 2 atom stereocenters. The molecule has 0 bridgehead atoms. The van der Waals surface area contributed by atoms with E-state index in [1.54, 1.807) is 0 Å². The minimum Gasteiger partial charge on any atom is -0.380 e. The number of ether oxygens (including phenoxy) is 2. The quantitative estimate of drug-likeness (QED) is 0.818. The van der Waals surface area contributed by atoms with E-state index in [0.29, 0.717) is 12.5 Å². The Morgan fingerprint density at radius 3 is 2.88 bits per heavy atom. The SMILES string of the molecule is c1ccc(CN2C[C@@H]3COC[C@]3(COCc3ccccn3)C2)cc1. The fourth-order valence-corrected chi connectivity index (χ4v) is 3.95. The minimum absolute atomic E-state index is 0.142. The molecule has 0 spiro atoms. The normalized spacial score (nSPS) is 26.6. The molecule has 0 radical (unpaired) electrons. The zero-order valence-electron chi connectivity index (χ0n) is 13.9. The van der Waals surface area contributed by atoms with E-state index in [4.69, 9.17) is 9.47 Å². The van der Waals surface area contributed by atoms with Crippen LogP contribution < -0.4 is 0 Å². The standard InChI is InChI=1S/C20H24N2O2/c1-2-6-17(7-3-1)10-22-11-18-12-23-15-20(18,14-22)16-24-13-19-8-4-5-9-21-19/h1-9,18H,10-16H2/t18-,20+/m1/s1. The summed E-state index contributed by atoms with van der Waals surface area (Å²) in [5.41, 5.74) is 2.51. The zero-order valence-corrected chi connectivity index (χ0v) is 13.9. The maximum Gasteiger partial charge on any atom is 0.0888 e. The number of hydrogen-bond donors (Lipinski definition) is 0. The van der Waals surface area contributed by atoms with Gasteiger partial charge in [-0.15, -0.1) is 0 Å². The molecule has 0 N–H and O–H groups in total. The third kappa shape index (κ3) is 3.36. The summed E-state index contributed by atoms with van der Waals surface area (Å²) in [4.78, 5) is 6.88.